The van der Waals surface area contributed by atoms with Gasteiger partial charge in [0.1, 0.15) is 17.3 Å². The van der Waals surface area contributed by atoms with Crippen molar-refractivity contribution in [2.75, 3.05) is 19.5 Å². The Hall–Kier alpha value is -2.40. The number of ether oxygens (including phenoxy) is 2. The number of nitrogens with one attached hydrogen (secondary N) is 1. The number of carbonyl (C=O) groups excluding carboxylic acids is 1. The maximum atomic E-state index is 11.9. The molecule has 1 N–H and O–H groups in total. The van der Waals surface area contributed by atoms with Crippen LogP contribution in [-0.2, 0) is 4.79 Å². The molecule has 1 heterocycles. The molecule has 6 heteroatoms. The highest BCUT2D eigenvalue weighted by Gasteiger charge is 2.11. The van der Waals surface area contributed by atoms with E-state index in [1.807, 2.05) is 0 Å². The van der Waals surface area contributed by atoms with Gasteiger partial charge < -0.3 is 19.2 Å². The van der Waals surface area contributed by atoms with Crippen LogP contribution in [0, 0.1) is 0 Å². The molecule has 110 valence electrons. The summed E-state index contributed by atoms with van der Waals surface area (Å²) in [7, 11) is 3.00. The van der Waals surface area contributed by atoms with Gasteiger partial charge in [-0.3, -0.25) is 4.79 Å². The molecular weight excluding hydrogens is 294 g/mol. The Morgan fingerprint density at radius 2 is 2.05 bits per heavy atom. The van der Waals surface area contributed by atoms with E-state index in [9.17, 15) is 4.79 Å². The minimum atomic E-state index is -0.328. The zero-order chi connectivity index (χ0) is 15.2. The number of amides is 1. The molecular formula is C15H14ClNO4. The summed E-state index contributed by atoms with van der Waals surface area (Å²) in [6.45, 7) is 0. The van der Waals surface area contributed by atoms with Gasteiger partial charge in [-0.2, -0.15) is 0 Å². The highest BCUT2D eigenvalue weighted by atomic mass is 35.5. The van der Waals surface area contributed by atoms with E-state index < -0.39 is 0 Å². The van der Waals surface area contributed by atoms with E-state index in [0.717, 1.165) is 0 Å². The number of hydrogen-bond acceptors (Lipinski definition) is 4. The maximum absolute atomic E-state index is 11.9. The molecule has 0 aliphatic rings. The van der Waals surface area contributed by atoms with Crippen LogP contribution in [-0.4, -0.2) is 20.1 Å². The van der Waals surface area contributed by atoms with Crippen LogP contribution in [0.4, 0.5) is 5.69 Å². The van der Waals surface area contributed by atoms with E-state index >= 15 is 0 Å². The third-order valence-corrected chi connectivity index (χ3v) is 2.97. The number of carbonyl (C=O) groups is 1. The van der Waals surface area contributed by atoms with Crippen LogP contribution >= 0.6 is 11.6 Å². The summed E-state index contributed by atoms with van der Waals surface area (Å²) in [5.41, 5.74) is 0.456. The third-order valence-electron chi connectivity index (χ3n) is 2.67. The van der Waals surface area contributed by atoms with Gasteiger partial charge in [0.25, 0.3) is 0 Å². The molecule has 1 amide bonds. The summed E-state index contributed by atoms with van der Waals surface area (Å²) in [5.74, 6) is 1.18. The van der Waals surface area contributed by atoms with Gasteiger partial charge in [-0.05, 0) is 24.3 Å². The van der Waals surface area contributed by atoms with E-state index in [0.29, 0.717) is 28.0 Å². The molecule has 0 fully saturated rings. The average Bonchev–Trinajstić information content (AvgIpc) is 2.99. The van der Waals surface area contributed by atoms with Crippen LogP contribution < -0.4 is 14.8 Å². The number of hydrogen-bond donors (Lipinski definition) is 1. The molecule has 1 aromatic carbocycles. The second kappa shape index (κ2) is 6.85. The molecule has 2 rings (SSSR count). The van der Waals surface area contributed by atoms with Crippen LogP contribution in [0.1, 0.15) is 5.76 Å². The predicted molar refractivity (Wildman–Crippen MR) is 80.9 cm³/mol. The first kappa shape index (κ1) is 15.0. The molecule has 0 saturated heterocycles. The van der Waals surface area contributed by atoms with Crippen LogP contribution in [0.15, 0.2) is 41.0 Å². The summed E-state index contributed by atoms with van der Waals surface area (Å²) in [5, 5.41) is 3.06. The molecule has 5 nitrogen and oxygen atoms in total. The average molecular weight is 308 g/mol. The molecule has 0 aliphatic carbocycles. The molecule has 2 aromatic rings. The van der Waals surface area contributed by atoms with Gasteiger partial charge in [-0.25, -0.2) is 0 Å². The number of halogens is 1. The fourth-order valence-corrected chi connectivity index (χ4v) is 1.92. The van der Waals surface area contributed by atoms with Crippen LogP contribution in [0.5, 0.6) is 11.5 Å². The van der Waals surface area contributed by atoms with Crippen molar-refractivity contribution < 1.29 is 18.7 Å². The first-order valence-corrected chi connectivity index (χ1v) is 6.46. The highest BCUT2D eigenvalue weighted by Crippen LogP contribution is 2.35. The second-order valence-corrected chi connectivity index (χ2v) is 4.43. The largest absolute Gasteiger partial charge is 0.495 e. The van der Waals surface area contributed by atoms with Crippen molar-refractivity contribution in [3.63, 3.8) is 0 Å². The van der Waals surface area contributed by atoms with Gasteiger partial charge in [0, 0.05) is 12.1 Å². The Balaban J connectivity index is 2.15. The fourth-order valence-electron chi connectivity index (χ4n) is 1.68. The lowest BCUT2D eigenvalue weighted by Crippen LogP contribution is -2.09. The lowest BCUT2D eigenvalue weighted by Gasteiger charge is -2.12. The SMILES string of the molecule is COc1cc(OC)c(NC(=O)/C=C/c2ccco2)cc1Cl. The van der Waals surface area contributed by atoms with Gasteiger partial charge >= 0.3 is 0 Å². The molecule has 0 saturated carbocycles. The number of furan rings is 1. The maximum Gasteiger partial charge on any atom is 0.248 e. The minimum Gasteiger partial charge on any atom is -0.495 e. The molecule has 0 aliphatic heterocycles. The molecule has 0 spiro atoms. The van der Waals surface area contributed by atoms with E-state index in [-0.39, 0.29) is 5.91 Å². The zero-order valence-corrected chi connectivity index (χ0v) is 12.3. The van der Waals surface area contributed by atoms with Crippen molar-refractivity contribution in [2.45, 2.75) is 0 Å². The van der Waals surface area contributed by atoms with Crippen molar-refractivity contribution in [2.24, 2.45) is 0 Å². The fraction of sp³-hybridized carbons (Fsp3) is 0.133. The summed E-state index contributed by atoms with van der Waals surface area (Å²) < 4.78 is 15.4. The number of benzene rings is 1. The Bertz CT molecular complexity index is 650. The molecule has 0 unspecified atom stereocenters. The summed E-state index contributed by atoms with van der Waals surface area (Å²) in [6, 6.07) is 6.66. The topological polar surface area (TPSA) is 60.7 Å². The Kier molecular flexibility index (Phi) is 4.90. The molecule has 0 atom stereocenters. The first-order chi connectivity index (χ1) is 10.1. The molecule has 21 heavy (non-hydrogen) atoms. The lowest BCUT2D eigenvalue weighted by molar-refractivity contribution is -0.111. The second-order valence-electron chi connectivity index (χ2n) is 4.03. The van der Waals surface area contributed by atoms with E-state index in [2.05, 4.69) is 5.32 Å². The predicted octanol–water partition coefficient (Wildman–Crippen LogP) is 3.60. The quantitative estimate of drug-likeness (QED) is 0.857. The number of anilines is 1. The third kappa shape index (κ3) is 3.79. The Morgan fingerprint density at radius 1 is 1.29 bits per heavy atom. The monoisotopic (exact) mass is 307 g/mol. The van der Waals surface area contributed by atoms with Gasteiger partial charge in [0.05, 0.1) is 31.2 Å². The summed E-state index contributed by atoms with van der Waals surface area (Å²) in [4.78, 5) is 11.9. The lowest BCUT2D eigenvalue weighted by atomic mass is 10.2. The normalized spacial score (nSPS) is 10.6. The molecule has 0 radical (unpaired) electrons. The van der Waals surface area contributed by atoms with Crippen LogP contribution in [0.2, 0.25) is 5.02 Å². The van der Waals surface area contributed by atoms with Gasteiger partial charge in [0.2, 0.25) is 5.91 Å². The van der Waals surface area contributed by atoms with Crippen molar-refractivity contribution in [1.29, 1.82) is 0 Å². The van der Waals surface area contributed by atoms with Crippen molar-refractivity contribution >= 4 is 29.3 Å². The zero-order valence-electron chi connectivity index (χ0n) is 11.6. The number of methoxy groups -OCH3 is 2. The van der Waals surface area contributed by atoms with Crippen molar-refractivity contribution in [3.8, 4) is 11.5 Å². The Morgan fingerprint density at radius 3 is 2.67 bits per heavy atom. The van der Waals surface area contributed by atoms with E-state index in [1.165, 1.54) is 26.6 Å². The Labute approximate surface area is 127 Å². The smallest absolute Gasteiger partial charge is 0.248 e. The summed E-state index contributed by atoms with van der Waals surface area (Å²) in [6.07, 6.45) is 4.45. The van der Waals surface area contributed by atoms with E-state index in [4.69, 9.17) is 25.5 Å². The van der Waals surface area contributed by atoms with Crippen LogP contribution in [0.25, 0.3) is 6.08 Å². The number of rotatable bonds is 5. The van der Waals surface area contributed by atoms with Gasteiger partial charge in [-0.15, -0.1) is 0 Å². The molecule has 1 aromatic heterocycles. The van der Waals surface area contributed by atoms with Crippen molar-refractivity contribution in [1.82, 2.24) is 0 Å². The van der Waals surface area contributed by atoms with Gasteiger partial charge in [-0.1, -0.05) is 11.6 Å². The first-order valence-electron chi connectivity index (χ1n) is 6.08. The van der Waals surface area contributed by atoms with Crippen LogP contribution in [0.3, 0.4) is 0 Å². The van der Waals surface area contributed by atoms with Crippen molar-refractivity contribution in [3.05, 3.63) is 47.4 Å². The standard InChI is InChI=1S/C15H14ClNO4/c1-19-13-9-14(20-2)12(8-11(13)16)17-15(18)6-5-10-4-3-7-21-10/h3-9H,1-2H3,(H,17,18)/b6-5+. The van der Waals surface area contributed by atoms with E-state index in [1.54, 1.807) is 30.3 Å². The highest BCUT2D eigenvalue weighted by molar-refractivity contribution is 6.32. The summed E-state index contributed by atoms with van der Waals surface area (Å²) >= 11 is 6.04. The molecule has 0 bridgehead atoms. The minimum absolute atomic E-state index is 0.328. The van der Waals surface area contributed by atoms with Gasteiger partial charge in [0.15, 0.2) is 0 Å².